The zero-order chi connectivity index (χ0) is 14.0. The summed E-state index contributed by atoms with van der Waals surface area (Å²) in [6, 6.07) is 6.25. The summed E-state index contributed by atoms with van der Waals surface area (Å²) in [7, 11) is 1.49. The van der Waals surface area contributed by atoms with Crippen molar-refractivity contribution in [2.24, 2.45) is 0 Å². The van der Waals surface area contributed by atoms with Crippen LogP contribution in [0.4, 0.5) is 4.39 Å². The molecule has 1 aromatic carbocycles. The first-order chi connectivity index (χ1) is 9.08. The van der Waals surface area contributed by atoms with Gasteiger partial charge in [0.25, 0.3) is 5.91 Å². The largest absolute Gasteiger partial charge is 0.354 e. The average Bonchev–Trinajstić information content (AvgIpc) is 2.90. The quantitative estimate of drug-likeness (QED) is 0.919. The van der Waals surface area contributed by atoms with Gasteiger partial charge in [0.1, 0.15) is 11.8 Å². The summed E-state index contributed by atoms with van der Waals surface area (Å²) in [6.45, 7) is 0. The number of nitriles is 1. The summed E-state index contributed by atoms with van der Waals surface area (Å²) in [4.78, 5) is 11.4. The van der Waals surface area contributed by atoms with Gasteiger partial charge in [0.15, 0.2) is 11.5 Å². The van der Waals surface area contributed by atoms with Gasteiger partial charge in [-0.25, -0.2) is 9.07 Å². The molecule has 0 spiro atoms. The van der Waals surface area contributed by atoms with Gasteiger partial charge in [0, 0.05) is 13.2 Å². The van der Waals surface area contributed by atoms with Gasteiger partial charge in [0.2, 0.25) is 0 Å². The lowest BCUT2D eigenvalue weighted by atomic mass is 10.2. The standard InChI is InChI=1S/C12H8BrFN4O/c1-16-12(19)8-4-5-18(17-8)9-3-2-7(6-15)10(13)11(9)14/h2-5H,1H3,(H,16,19). The molecule has 5 nitrogen and oxygen atoms in total. The number of benzene rings is 1. The van der Waals surface area contributed by atoms with Crippen LogP contribution in [0.3, 0.4) is 0 Å². The highest BCUT2D eigenvalue weighted by atomic mass is 79.9. The first-order valence-corrected chi connectivity index (χ1v) is 6.04. The molecule has 1 amide bonds. The van der Waals surface area contributed by atoms with Gasteiger partial charge >= 0.3 is 0 Å². The van der Waals surface area contributed by atoms with E-state index in [1.165, 1.54) is 36.1 Å². The lowest BCUT2D eigenvalue weighted by Gasteiger charge is -2.05. The Morgan fingerprint density at radius 3 is 2.89 bits per heavy atom. The van der Waals surface area contributed by atoms with Gasteiger partial charge < -0.3 is 5.32 Å². The van der Waals surface area contributed by atoms with Crippen molar-refractivity contribution in [1.29, 1.82) is 5.26 Å². The van der Waals surface area contributed by atoms with E-state index in [-0.39, 0.29) is 27.3 Å². The van der Waals surface area contributed by atoms with Crippen LogP contribution in [0.1, 0.15) is 16.1 Å². The van der Waals surface area contributed by atoms with E-state index in [1.807, 2.05) is 6.07 Å². The van der Waals surface area contributed by atoms with E-state index in [2.05, 4.69) is 26.3 Å². The van der Waals surface area contributed by atoms with Crippen molar-refractivity contribution < 1.29 is 9.18 Å². The number of carbonyl (C=O) groups is 1. The molecule has 1 heterocycles. The van der Waals surface area contributed by atoms with Crippen LogP contribution < -0.4 is 5.32 Å². The lowest BCUT2D eigenvalue weighted by molar-refractivity contribution is 0.0957. The highest BCUT2D eigenvalue weighted by Gasteiger charge is 2.15. The zero-order valence-electron chi connectivity index (χ0n) is 9.82. The fraction of sp³-hybridized carbons (Fsp3) is 0.0833. The molecule has 0 aliphatic carbocycles. The molecule has 0 saturated heterocycles. The van der Waals surface area contributed by atoms with Crippen LogP contribution in [-0.2, 0) is 0 Å². The molecule has 0 unspecified atom stereocenters. The Bertz CT molecular complexity index is 690. The monoisotopic (exact) mass is 322 g/mol. The Kier molecular flexibility index (Phi) is 3.62. The van der Waals surface area contributed by atoms with Gasteiger partial charge in [-0.15, -0.1) is 0 Å². The zero-order valence-corrected chi connectivity index (χ0v) is 11.4. The molecule has 1 aromatic heterocycles. The lowest BCUT2D eigenvalue weighted by Crippen LogP contribution is -2.18. The van der Waals surface area contributed by atoms with Crippen molar-refractivity contribution in [3.8, 4) is 11.8 Å². The number of nitrogens with one attached hydrogen (secondary N) is 1. The predicted molar refractivity (Wildman–Crippen MR) is 69.3 cm³/mol. The summed E-state index contributed by atoms with van der Waals surface area (Å²) in [5, 5.41) is 15.2. The van der Waals surface area contributed by atoms with Crippen molar-refractivity contribution in [1.82, 2.24) is 15.1 Å². The van der Waals surface area contributed by atoms with E-state index in [4.69, 9.17) is 5.26 Å². The van der Waals surface area contributed by atoms with Gasteiger partial charge in [-0.2, -0.15) is 10.4 Å². The second kappa shape index (κ2) is 5.20. The summed E-state index contributed by atoms with van der Waals surface area (Å²) >= 11 is 3.02. The number of halogens is 2. The first-order valence-electron chi connectivity index (χ1n) is 5.24. The van der Waals surface area contributed by atoms with Gasteiger partial charge in [-0.05, 0) is 34.1 Å². The van der Waals surface area contributed by atoms with Crippen LogP contribution in [-0.4, -0.2) is 22.7 Å². The molecule has 2 aromatic rings. The molecule has 0 saturated carbocycles. The van der Waals surface area contributed by atoms with Crippen LogP contribution in [0.5, 0.6) is 0 Å². The molecule has 0 aliphatic heterocycles. The molecule has 2 rings (SSSR count). The molecule has 96 valence electrons. The van der Waals surface area contributed by atoms with E-state index in [0.717, 1.165) is 0 Å². The van der Waals surface area contributed by atoms with Crippen molar-refractivity contribution in [2.75, 3.05) is 7.05 Å². The SMILES string of the molecule is CNC(=O)c1ccn(-c2ccc(C#N)c(Br)c2F)n1. The van der Waals surface area contributed by atoms with E-state index in [0.29, 0.717) is 0 Å². The third-order valence-corrected chi connectivity index (χ3v) is 3.25. The number of hydrogen-bond acceptors (Lipinski definition) is 3. The third-order valence-electron chi connectivity index (χ3n) is 2.48. The van der Waals surface area contributed by atoms with Gasteiger partial charge in [0.05, 0.1) is 10.0 Å². The number of hydrogen-bond donors (Lipinski definition) is 1. The van der Waals surface area contributed by atoms with Crippen molar-refractivity contribution in [3.63, 3.8) is 0 Å². The van der Waals surface area contributed by atoms with Crippen LogP contribution in [0.25, 0.3) is 5.69 Å². The van der Waals surface area contributed by atoms with E-state index < -0.39 is 5.82 Å². The Labute approximate surface area is 116 Å². The highest BCUT2D eigenvalue weighted by Crippen LogP contribution is 2.25. The predicted octanol–water partition coefficient (Wildman–Crippen LogP) is 2.01. The summed E-state index contributed by atoms with van der Waals surface area (Å²) in [5.74, 6) is -0.961. The maximum Gasteiger partial charge on any atom is 0.271 e. The topological polar surface area (TPSA) is 70.7 Å². The maximum atomic E-state index is 14.1. The Balaban J connectivity index is 2.49. The normalized spacial score (nSPS) is 10.0. The molecule has 0 radical (unpaired) electrons. The number of rotatable bonds is 2. The molecule has 1 N–H and O–H groups in total. The minimum absolute atomic E-state index is 0.0736. The summed E-state index contributed by atoms with van der Waals surface area (Å²) < 4.78 is 15.4. The molecule has 7 heteroatoms. The Hall–Kier alpha value is -2.20. The molecule has 0 aliphatic rings. The average molecular weight is 323 g/mol. The Morgan fingerprint density at radius 1 is 1.53 bits per heavy atom. The molecule has 0 fully saturated rings. The highest BCUT2D eigenvalue weighted by molar-refractivity contribution is 9.10. The van der Waals surface area contributed by atoms with Crippen LogP contribution in [0.2, 0.25) is 0 Å². The van der Waals surface area contributed by atoms with Gasteiger partial charge in [-0.1, -0.05) is 0 Å². The fourth-order valence-corrected chi connectivity index (χ4v) is 1.93. The molecule has 19 heavy (non-hydrogen) atoms. The van der Waals surface area contributed by atoms with E-state index in [9.17, 15) is 9.18 Å². The fourth-order valence-electron chi connectivity index (χ4n) is 1.51. The van der Waals surface area contributed by atoms with Crippen molar-refractivity contribution in [2.45, 2.75) is 0 Å². The minimum Gasteiger partial charge on any atom is -0.354 e. The minimum atomic E-state index is -0.606. The number of aromatic nitrogens is 2. The number of amides is 1. The van der Waals surface area contributed by atoms with Crippen molar-refractivity contribution >= 4 is 21.8 Å². The third kappa shape index (κ3) is 2.35. The smallest absolute Gasteiger partial charge is 0.271 e. The maximum absolute atomic E-state index is 14.1. The second-order valence-corrected chi connectivity index (χ2v) is 4.39. The molecule has 0 bridgehead atoms. The molecular weight excluding hydrogens is 315 g/mol. The van der Waals surface area contributed by atoms with Gasteiger partial charge in [-0.3, -0.25) is 4.79 Å². The molecular formula is C12H8BrFN4O. The number of nitrogens with zero attached hydrogens (tertiary/aromatic N) is 3. The summed E-state index contributed by atoms with van der Waals surface area (Å²) in [5.41, 5.74) is 0.531. The van der Waals surface area contributed by atoms with Crippen molar-refractivity contribution in [3.05, 3.63) is 45.9 Å². The van der Waals surface area contributed by atoms with Crippen LogP contribution in [0.15, 0.2) is 28.9 Å². The summed E-state index contributed by atoms with van der Waals surface area (Å²) in [6.07, 6.45) is 1.47. The number of carbonyl (C=O) groups excluding carboxylic acids is 1. The first kappa shape index (κ1) is 13.2. The second-order valence-electron chi connectivity index (χ2n) is 3.60. The Morgan fingerprint density at radius 2 is 2.26 bits per heavy atom. The van der Waals surface area contributed by atoms with Crippen LogP contribution >= 0.6 is 15.9 Å². The van der Waals surface area contributed by atoms with E-state index >= 15 is 0 Å². The van der Waals surface area contributed by atoms with Crippen LogP contribution in [0, 0.1) is 17.1 Å². The van der Waals surface area contributed by atoms with E-state index in [1.54, 1.807) is 0 Å². The molecule has 0 atom stereocenters.